The first kappa shape index (κ1) is 30.6. The summed E-state index contributed by atoms with van der Waals surface area (Å²) in [5.74, 6) is 0. The van der Waals surface area contributed by atoms with Gasteiger partial charge in [-0.15, -0.1) is 0 Å². The normalized spacial score (nSPS) is 14.6. The van der Waals surface area contributed by atoms with Crippen LogP contribution in [0.5, 0.6) is 0 Å². The van der Waals surface area contributed by atoms with Crippen LogP contribution in [-0.2, 0) is 5.41 Å². The Morgan fingerprint density at radius 2 is 1.15 bits per heavy atom. The summed E-state index contributed by atoms with van der Waals surface area (Å²) in [6.45, 7) is 4.84. The van der Waals surface area contributed by atoms with Gasteiger partial charge in [0.2, 0.25) is 0 Å². The van der Waals surface area contributed by atoms with Crippen LogP contribution in [0.15, 0.2) is 182 Å². The average molecular weight is 666 g/mol. The summed E-state index contributed by atoms with van der Waals surface area (Å²) in [7, 11) is 0. The van der Waals surface area contributed by atoms with Crippen molar-refractivity contribution in [2.24, 2.45) is 0 Å². The van der Waals surface area contributed by atoms with E-state index in [4.69, 9.17) is 0 Å². The summed E-state index contributed by atoms with van der Waals surface area (Å²) in [6.07, 6.45) is 6.94. The maximum absolute atomic E-state index is 2.46. The van der Waals surface area contributed by atoms with Gasteiger partial charge in [-0.3, -0.25) is 0 Å². The van der Waals surface area contributed by atoms with Gasteiger partial charge in [-0.05, 0) is 121 Å². The first-order valence-corrected chi connectivity index (χ1v) is 18.5. The number of anilines is 3. The van der Waals surface area contributed by atoms with Gasteiger partial charge < -0.3 is 4.90 Å². The average Bonchev–Trinajstić information content (AvgIpc) is 3.45. The molecule has 1 heteroatoms. The first-order chi connectivity index (χ1) is 25.6. The van der Waals surface area contributed by atoms with Crippen molar-refractivity contribution in [3.63, 3.8) is 0 Å². The molecule has 8 aromatic carbocycles. The summed E-state index contributed by atoms with van der Waals surface area (Å²) < 4.78 is 0. The molecule has 0 saturated heterocycles. The molecule has 0 atom stereocenters. The predicted molar refractivity (Wildman–Crippen MR) is 223 cm³/mol. The molecule has 8 aromatic rings. The van der Waals surface area contributed by atoms with Crippen LogP contribution in [0.1, 0.15) is 37.8 Å². The molecular weight excluding hydrogens is 627 g/mol. The van der Waals surface area contributed by atoms with E-state index < -0.39 is 0 Å². The number of allylic oxidation sites excluding steroid dienone is 4. The van der Waals surface area contributed by atoms with Crippen LogP contribution in [0.2, 0.25) is 0 Å². The molecule has 0 N–H and O–H groups in total. The van der Waals surface area contributed by atoms with E-state index in [1.54, 1.807) is 0 Å². The van der Waals surface area contributed by atoms with Gasteiger partial charge in [0.05, 0.1) is 5.69 Å². The molecule has 0 radical (unpaired) electrons. The molecule has 0 bridgehead atoms. The number of benzene rings is 8. The van der Waals surface area contributed by atoms with Gasteiger partial charge in [0, 0.05) is 22.2 Å². The number of rotatable bonds is 5. The van der Waals surface area contributed by atoms with Crippen molar-refractivity contribution in [3.05, 3.63) is 193 Å². The fourth-order valence-corrected chi connectivity index (χ4v) is 9.15. The van der Waals surface area contributed by atoms with Crippen molar-refractivity contribution < 1.29 is 0 Å². The first-order valence-electron chi connectivity index (χ1n) is 18.5. The largest absolute Gasteiger partial charge is 0.310 e. The molecule has 0 saturated carbocycles. The molecule has 2 aliphatic rings. The van der Waals surface area contributed by atoms with E-state index in [2.05, 4.69) is 195 Å². The number of hydrogen-bond donors (Lipinski definition) is 0. The van der Waals surface area contributed by atoms with E-state index >= 15 is 0 Å². The Bertz CT molecular complexity index is 2740. The minimum Gasteiger partial charge on any atom is -0.310 e. The van der Waals surface area contributed by atoms with Gasteiger partial charge in [0.15, 0.2) is 0 Å². The lowest BCUT2D eigenvalue weighted by Gasteiger charge is -2.28. The fraction of sp³-hybridized carbons (Fsp3) is 0.0980. The lowest BCUT2D eigenvalue weighted by molar-refractivity contribution is 0.657. The van der Waals surface area contributed by atoms with Gasteiger partial charge in [-0.2, -0.15) is 0 Å². The van der Waals surface area contributed by atoms with E-state index in [-0.39, 0.29) is 5.41 Å². The van der Waals surface area contributed by atoms with Crippen LogP contribution >= 0.6 is 0 Å². The number of nitrogens with zero attached hydrogens (tertiary/aromatic N) is 1. The number of hydrogen-bond acceptors (Lipinski definition) is 1. The van der Waals surface area contributed by atoms with Gasteiger partial charge in [0.1, 0.15) is 0 Å². The Labute approximate surface area is 305 Å². The minimum atomic E-state index is -0.0603. The van der Waals surface area contributed by atoms with Crippen molar-refractivity contribution in [2.45, 2.75) is 32.1 Å². The molecule has 0 aromatic heterocycles. The Morgan fingerprint density at radius 1 is 0.500 bits per heavy atom. The van der Waals surface area contributed by atoms with Crippen molar-refractivity contribution in [1.29, 1.82) is 0 Å². The highest BCUT2D eigenvalue weighted by Gasteiger charge is 2.40. The maximum Gasteiger partial charge on any atom is 0.0540 e. The quantitative estimate of drug-likeness (QED) is 0.177. The van der Waals surface area contributed by atoms with Gasteiger partial charge in [-0.1, -0.05) is 153 Å². The van der Waals surface area contributed by atoms with Crippen molar-refractivity contribution >= 4 is 55.0 Å². The molecule has 0 fully saturated rings. The summed E-state index contributed by atoms with van der Waals surface area (Å²) in [4.78, 5) is 2.42. The van der Waals surface area contributed by atoms with Crippen molar-refractivity contribution in [3.8, 4) is 22.3 Å². The second kappa shape index (κ2) is 12.0. The van der Waals surface area contributed by atoms with Crippen molar-refractivity contribution in [1.82, 2.24) is 0 Å². The Kier molecular flexibility index (Phi) is 7.05. The SMILES string of the molecule is CC1(C)C2=C(CCC=C2)c2c(-c3ccc(N(c4ccccc4)c4ccc(-c5cccc6ccccc56)cc4)c4ccccc34)cc3ccccc3c21. The fourth-order valence-electron chi connectivity index (χ4n) is 9.15. The van der Waals surface area contributed by atoms with Crippen LogP contribution in [0.25, 0.3) is 60.1 Å². The molecule has 10 rings (SSSR count). The smallest absolute Gasteiger partial charge is 0.0540 e. The van der Waals surface area contributed by atoms with Gasteiger partial charge >= 0.3 is 0 Å². The molecule has 2 aliphatic carbocycles. The van der Waals surface area contributed by atoms with E-state index in [0.717, 1.165) is 24.2 Å². The van der Waals surface area contributed by atoms with E-state index in [1.807, 2.05) is 0 Å². The zero-order chi connectivity index (χ0) is 34.8. The number of para-hydroxylation sites is 1. The van der Waals surface area contributed by atoms with Crippen molar-refractivity contribution in [2.75, 3.05) is 4.90 Å². The molecule has 0 amide bonds. The topological polar surface area (TPSA) is 3.24 Å². The van der Waals surface area contributed by atoms with Gasteiger partial charge in [0.25, 0.3) is 0 Å². The Balaban J connectivity index is 1.17. The molecule has 0 heterocycles. The van der Waals surface area contributed by atoms with Crippen LogP contribution in [-0.4, -0.2) is 0 Å². The minimum absolute atomic E-state index is 0.0603. The standard InChI is InChI=1S/C51H39N/c1-51(2)47-26-13-12-24-45(47)49-46(33-36-16-7-9-21-41(36)50(49)51)43-31-32-48(44-23-11-10-22-42(43)44)52(37-18-4-3-5-19-37)38-29-27-35(28-30-38)40-25-14-17-34-15-6-8-20-39(34)40/h3-11,13-23,25-33H,12,24H2,1-2H3. The van der Waals surface area contributed by atoms with E-state index in [0.29, 0.717) is 0 Å². The maximum atomic E-state index is 2.46. The van der Waals surface area contributed by atoms with Gasteiger partial charge in [-0.25, -0.2) is 0 Å². The third-order valence-corrected chi connectivity index (χ3v) is 11.5. The molecular formula is C51H39N. The summed E-state index contributed by atoms with van der Waals surface area (Å²) in [5.41, 5.74) is 14.4. The van der Waals surface area contributed by atoms with Crippen LogP contribution in [0.3, 0.4) is 0 Å². The van der Waals surface area contributed by atoms with Crippen LogP contribution in [0, 0.1) is 0 Å². The lowest BCUT2D eigenvalue weighted by atomic mass is 9.77. The zero-order valence-corrected chi connectivity index (χ0v) is 29.6. The summed E-state index contributed by atoms with van der Waals surface area (Å²) in [5, 5.41) is 7.71. The number of fused-ring (bicyclic) bond motifs is 6. The van der Waals surface area contributed by atoms with E-state index in [1.165, 1.54) is 82.5 Å². The lowest BCUT2D eigenvalue weighted by Crippen LogP contribution is -2.17. The highest BCUT2D eigenvalue weighted by molar-refractivity contribution is 6.11. The van der Waals surface area contributed by atoms with E-state index in [9.17, 15) is 0 Å². The molecule has 52 heavy (non-hydrogen) atoms. The summed E-state index contributed by atoms with van der Waals surface area (Å²) in [6, 6.07) is 60.3. The predicted octanol–water partition coefficient (Wildman–Crippen LogP) is 14.3. The Hall–Kier alpha value is -6.18. The Morgan fingerprint density at radius 3 is 1.96 bits per heavy atom. The molecule has 0 aliphatic heterocycles. The second-order valence-corrected chi connectivity index (χ2v) is 14.8. The molecule has 0 spiro atoms. The third kappa shape index (κ3) is 4.69. The highest BCUT2D eigenvalue weighted by atomic mass is 15.1. The van der Waals surface area contributed by atoms with Crippen LogP contribution < -0.4 is 4.90 Å². The third-order valence-electron chi connectivity index (χ3n) is 11.5. The highest BCUT2D eigenvalue weighted by Crippen LogP contribution is 2.56. The second-order valence-electron chi connectivity index (χ2n) is 14.8. The van der Waals surface area contributed by atoms with Crippen LogP contribution in [0.4, 0.5) is 17.1 Å². The molecule has 248 valence electrons. The molecule has 1 nitrogen and oxygen atoms in total. The molecule has 0 unspecified atom stereocenters. The zero-order valence-electron chi connectivity index (χ0n) is 29.6. The summed E-state index contributed by atoms with van der Waals surface area (Å²) >= 11 is 0. The monoisotopic (exact) mass is 665 g/mol.